The van der Waals surface area contributed by atoms with Crippen LogP contribution in [0.15, 0.2) is 36.9 Å². The summed E-state index contributed by atoms with van der Waals surface area (Å²) in [6.07, 6.45) is 6.98. The van der Waals surface area contributed by atoms with Gasteiger partial charge in [-0.1, -0.05) is 30.2 Å². The quantitative estimate of drug-likeness (QED) is 0.942. The summed E-state index contributed by atoms with van der Waals surface area (Å²) in [6.45, 7) is 0.519. The van der Waals surface area contributed by atoms with Crippen molar-refractivity contribution in [2.45, 2.75) is 37.8 Å². The molecule has 106 valence electrons. The molecule has 1 aliphatic carbocycles. The Balaban J connectivity index is 1.73. The molecule has 5 heteroatoms. The Bertz CT molecular complexity index is 555. The fourth-order valence-electron chi connectivity index (χ4n) is 3.13. The summed E-state index contributed by atoms with van der Waals surface area (Å²) >= 11 is 5.91. The maximum Gasteiger partial charge on any atom is 0.137 e. The molecule has 1 heterocycles. The van der Waals surface area contributed by atoms with E-state index in [0.717, 1.165) is 30.7 Å². The van der Waals surface area contributed by atoms with Gasteiger partial charge in [-0.15, -0.1) is 0 Å². The van der Waals surface area contributed by atoms with Gasteiger partial charge in [0, 0.05) is 5.02 Å². The number of halogens is 1. The molecule has 0 amide bonds. The lowest BCUT2D eigenvalue weighted by Gasteiger charge is -2.30. The first-order valence-electron chi connectivity index (χ1n) is 6.95. The molecule has 1 saturated carbocycles. The number of rotatable bonds is 4. The number of hydrogen-bond donors (Lipinski definition) is 1. The van der Waals surface area contributed by atoms with E-state index in [9.17, 15) is 5.11 Å². The largest absolute Gasteiger partial charge is 0.388 e. The Morgan fingerprint density at radius 1 is 1.35 bits per heavy atom. The van der Waals surface area contributed by atoms with E-state index in [0.29, 0.717) is 6.54 Å². The van der Waals surface area contributed by atoms with Gasteiger partial charge < -0.3 is 5.11 Å². The second kappa shape index (κ2) is 5.54. The summed E-state index contributed by atoms with van der Waals surface area (Å²) in [6, 6.07) is 7.89. The van der Waals surface area contributed by atoms with Gasteiger partial charge >= 0.3 is 0 Å². The third-order valence-electron chi connectivity index (χ3n) is 4.22. The minimum absolute atomic E-state index is 0.257. The maximum absolute atomic E-state index is 10.9. The lowest BCUT2D eigenvalue weighted by molar-refractivity contribution is -0.0163. The van der Waals surface area contributed by atoms with Crippen molar-refractivity contribution in [3.63, 3.8) is 0 Å². The zero-order valence-electron chi connectivity index (χ0n) is 11.2. The van der Waals surface area contributed by atoms with Crippen LogP contribution >= 0.6 is 11.6 Å². The van der Waals surface area contributed by atoms with E-state index in [-0.39, 0.29) is 5.92 Å². The molecule has 0 saturated heterocycles. The number of aliphatic hydroxyl groups is 1. The summed E-state index contributed by atoms with van der Waals surface area (Å²) in [7, 11) is 0. The molecule has 20 heavy (non-hydrogen) atoms. The average Bonchev–Trinajstić information content (AvgIpc) is 3.04. The second-order valence-electron chi connectivity index (χ2n) is 5.62. The van der Waals surface area contributed by atoms with Gasteiger partial charge in [-0.05, 0) is 42.9 Å². The number of benzene rings is 1. The lowest BCUT2D eigenvalue weighted by Crippen LogP contribution is -2.39. The normalized spacial score (nSPS) is 26.0. The topological polar surface area (TPSA) is 50.9 Å². The Morgan fingerprint density at radius 2 is 2.15 bits per heavy atom. The zero-order valence-corrected chi connectivity index (χ0v) is 12.0. The lowest BCUT2D eigenvalue weighted by atomic mass is 9.85. The van der Waals surface area contributed by atoms with Gasteiger partial charge in [0.15, 0.2) is 0 Å². The van der Waals surface area contributed by atoms with Crippen LogP contribution in [0.25, 0.3) is 0 Å². The van der Waals surface area contributed by atoms with Crippen LogP contribution in [-0.4, -0.2) is 25.5 Å². The molecule has 0 radical (unpaired) electrons. The summed E-state index contributed by atoms with van der Waals surface area (Å²) in [4.78, 5) is 3.94. The van der Waals surface area contributed by atoms with Crippen LogP contribution in [0.3, 0.4) is 0 Å². The highest BCUT2D eigenvalue weighted by atomic mass is 35.5. The van der Waals surface area contributed by atoms with Gasteiger partial charge in [-0.25, -0.2) is 4.98 Å². The van der Waals surface area contributed by atoms with Crippen molar-refractivity contribution in [3.05, 3.63) is 47.5 Å². The average molecular weight is 292 g/mol. The van der Waals surface area contributed by atoms with Crippen molar-refractivity contribution in [3.8, 4) is 0 Å². The van der Waals surface area contributed by atoms with Crippen LogP contribution in [0.5, 0.6) is 0 Å². The number of nitrogens with zero attached hydrogens (tertiary/aromatic N) is 3. The maximum atomic E-state index is 10.9. The van der Waals surface area contributed by atoms with Gasteiger partial charge in [0.05, 0.1) is 12.1 Å². The smallest absolute Gasteiger partial charge is 0.137 e. The molecular formula is C15H18ClN3O. The van der Waals surface area contributed by atoms with E-state index in [1.807, 2.05) is 24.3 Å². The molecule has 2 atom stereocenters. The Morgan fingerprint density at radius 3 is 2.85 bits per heavy atom. The van der Waals surface area contributed by atoms with Crippen molar-refractivity contribution in [1.29, 1.82) is 0 Å². The molecule has 1 aromatic carbocycles. The summed E-state index contributed by atoms with van der Waals surface area (Å²) in [5, 5.41) is 15.8. The van der Waals surface area contributed by atoms with Gasteiger partial charge in [0.25, 0.3) is 0 Å². The summed E-state index contributed by atoms with van der Waals surface area (Å²) in [5.41, 5.74) is 0.533. The molecule has 1 aromatic heterocycles. The molecule has 0 aliphatic heterocycles. The van der Waals surface area contributed by atoms with Crippen molar-refractivity contribution in [1.82, 2.24) is 14.8 Å². The summed E-state index contributed by atoms with van der Waals surface area (Å²) < 4.78 is 1.72. The van der Waals surface area contributed by atoms with E-state index in [4.69, 9.17) is 11.6 Å². The van der Waals surface area contributed by atoms with Gasteiger partial charge in [-0.2, -0.15) is 5.10 Å². The van der Waals surface area contributed by atoms with Crippen LogP contribution in [-0.2, 0) is 13.0 Å². The molecule has 3 rings (SSSR count). The molecule has 1 fully saturated rings. The Hall–Kier alpha value is -1.39. The Kier molecular flexibility index (Phi) is 3.76. The van der Waals surface area contributed by atoms with Crippen molar-refractivity contribution in [2.24, 2.45) is 5.92 Å². The predicted molar refractivity (Wildman–Crippen MR) is 77.5 cm³/mol. The zero-order chi connectivity index (χ0) is 14.0. The first kappa shape index (κ1) is 13.6. The van der Waals surface area contributed by atoms with E-state index in [2.05, 4.69) is 10.1 Å². The standard InChI is InChI=1S/C15H18ClN3O/c16-14-5-3-12(4-6-14)8-13-2-1-7-15(13,20)9-19-11-17-10-18-19/h3-6,10-11,13,20H,1-2,7-9H2/t13-,15+/m0/s1. The molecule has 0 spiro atoms. The molecule has 0 bridgehead atoms. The van der Waals surface area contributed by atoms with Crippen LogP contribution in [0, 0.1) is 5.92 Å². The van der Waals surface area contributed by atoms with E-state index >= 15 is 0 Å². The molecular weight excluding hydrogens is 274 g/mol. The second-order valence-corrected chi connectivity index (χ2v) is 6.05. The molecule has 0 unspecified atom stereocenters. The minimum Gasteiger partial charge on any atom is -0.388 e. The van der Waals surface area contributed by atoms with Crippen molar-refractivity contribution in [2.75, 3.05) is 0 Å². The van der Waals surface area contributed by atoms with Crippen molar-refractivity contribution >= 4 is 11.6 Å². The van der Waals surface area contributed by atoms with Crippen LogP contribution in [0.4, 0.5) is 0 Å². The van der Waals surface area contributed by atoms with Crippen LogP contribution < -0.4 is 0 Å². The first-order chi connectivity index (χ1) is 9.66. The molecule has 4 nitrogen and oxygen atoms in total. The molecule has 2 aromatic rings. The fraction of sp³-hybridized carbons (Fsp3) is 0.467. The highest BCUT2D eigenvalue weighted by Crippen LogP contribution is 2.39. The highest BCUT2D eigenvalue weighted by Gasteiger charge is 2.41. The van der Waals surface area contributed by atoms with Gasteiger partial charge in [0.2, 0.25) is 0 Å². The van der Waals surface area contributed by atoms with Gasteiger partial charge in [-0.3, -0.25) is 4.68 Å². The molecule has 1 N–H and O–H groups in total. The SMILES string of the molecule is O[C@@]1(Cn2cncn2)CCC[C@H]1Cc1ccc(Cl)cc1. The van der Waals surface area contributed by atoms with E-state index in [1.54, 1.807) is 11.0 Å². The fourth-order valence-corrected chi connectivity index (χ4v) is 3.25. The van der Waals surface area contributed by atoms with E-state index < -0.39 is 5.60 Å². The van der Waals surface area contributed by atoms with Gasteiger partial charge in [0.1, 0.15) is 12.7 Å². The van der Waals surface area contributed by atoms with E-state index in [1.165, 1.54) is 11.9 Å². The molecule has 1 aliphatic rings. The summed E-state index contributed by atoms with van der Waals surface area (Å²) in [5.74, 6) is 0.257. The third-order valence-corrected chi connectivity index (χ3v) is 4.47. The predicted octanol–water partition coefficient (Wildman–Crippen LogP) is 2.71. The van der Waals surface area contributed by atoms with Crippen molar-refractivity contribution < 1.29 is 5.11 Å². The monoisotopic (exact) mass is 291 g/mol. The Labute approximate surface area is 123 Å². The first-order valence-corrected chi connectivity index (χ1v) is 7.33. The highest BCUT2D eigenvalue weighted by molar-refractivity contribution is 6.30. The minimum atomic E-state index is -0.687. The van der Waals surface area contributed by atoms with Crippen LogP contribution in [0.2, 0.25) is 5.02 Å². The van der Waals surface area contributed by atoms with Crippen LogP contribution in [0.1, 0.15) is 24.8 Å². The number of hydrogen-bond acceptors (Lipinski definition) is 3. The third kappa shape index (κ3) is 2.86. The number of aromatic nitrogens is 3.